The standard InChI is InChI=1S/C22H27FN4O3/c1-30-20-7-5-17(6-8-20)14-24-21(28)15-26-9-11-27(12-10-26)16-22(29)25-19-4-2-3-18(23)13-19/h2-8,13H,9-12,14-16H2,1H3,(H,24,28)(H,25,29). The number of ether oxygens (including phenoxy) is 1. The summed E-state index contributed by atoms with van der Waals surface area (Å²) in [6, 6.07) is 13.4. The Kier molecular flexibility index (Phi) is 7.75. The number of hydrogen-bond donors (Lipinski definition) is 2. The van der Waals surface area contributed by atoms with Crippen LogP contribution in [0, 0.1) is 5.82 Å². The Morgan fingerprint density at radius 1 is 0.967 bits per heavy atom. The first-order valence-electron chi connectivity index (χ1n) is 9.91. The summed E-state index contributed by atoms with van der Waals surface area (Å²) in [5, 5.41) is 5.64. The van der Waals surface area contributed by atoms with Crippen molar-refractivity contribution in [3.05, 3.63) is 59.9 Å². The highest BCUT2D eigenvalue weighted by Gasteiger charge is 2.20. The maximum absolute atomic E-state index is 13.2. The molecule has 1 aliphatic heterocycles. The summed E-state index contributed by atoms with van der Waals surface area (Å²) in [6.07, 6.45) is 0. The quantitative estimate of drug-likeness (QED) is 0.688. The molecule has 3 rings (SSSR count). The van der Waals surface area contributed by atoms with Crippen LogP contribution in [0.25, 0.3) is 0 Å². The minimum atomic E-state index is -0.383. The molecular weight excluding hydrogens is 387 g/mol. The molecule has 1 fully saturated rings. The Balaban J connectivity index is 1.34. The fourth-order valence-electron chi connectivity index (χ4n) is 3.28. The van der Waals surface area contributed by atoms with Crippen molar-refractivity contribution >= 4 is 17.5 Å². The first-order chi connectivity index (χ1) is 14.5. The summed E-state index contributed by atoms with van der Waals surface area (Å²) in [5.41, 5.74) is 1.46. The van der Waals surface area contributed by atoms with E-state index in [1.165, 1.54) is 12.1 Å². The van der Waals surface area contributed by atoms with Crippen LogP contribution in [0.3, 0.4) is 0 Å². The molecule has 0 aromatic heterocycles. The van der Waals surface area contributed by atoms with Gasteiger partial charge in [0.2, 0.25) is 11.8 Å². The third-order valence-electron chi connectivity index (χ3n) is 4.96. The highest BCUT2D eigenvalue weighted by molar-refractivity contribution is 5.92. The van der Waals surface area contributed by atoms with Crippen LogP contribution < -0.4 is 15.4 Å². The minimum absolute atomic E-state index is 0.0249. The van der Waals surface area contributed by atoms with Gasteiger partial charge in [-0.1, -0.05) is 18.2 Å². The largest absolute Gasteiger partial charge is 0.497 e. The zero-order valence-electron chi connectivity index (χ0n) is 17.1. The molecule has 2 aromatic rings. The van der Waals surface area contributed by atoms with Crippen LogP contribution in [0.4, 0.5) is 10.1 Å². The minimum Gasteiger partial charge on any atom is -0.497 e. The third kappa shape index (κ3) is 6.82. The van der Waals surface area contributed by atoms with Gasteiger partial charge in [-0.25, -0.2) is 4.39 Å². The van der Waals surface area contributed by atoms with Gasteiger partial charge in [0, 0.05) is 38.4 Å². The Morgan fingerprint density at radius 3 is 2.20 bits per heavy atom. The molecule has 2 amide bonds. The number of piperazine rings is 1. The third-order valence-corrected chi connectivity index (χ3v) is 4.96. The summed E-state index contributed by atoms with van der Waals surface area (Å²) >= 11 is 0. The zero-order valence-corrected chi connectivity index (χ0v) is 17.1. The van der Waals surface area contributed by atoms with Crippen molar-refractivity contribution in [2.75, 3.05) is 51.7 Å². The van der Waals surface area contributed by atoms with Gasteiger partial charge in [-0.15, -0.1) is 0 Å². The number of amides is 2. The van der Waals surface area contributed by atoms with Crippen LogP contribution >= 0.6 is 0 Å². The Morgan fingerprint density at radius 2 is 1.60 bits per heavy atom. The molecule has 0 bridgehead atoms. The van der Waals surface area contributed by atoms with E-state index in [0.717, 1.165) is 11.3 Å². The average molecular weight is 414 g/mol. The first-order valence-corrected chi connectivity index (χ1v) is 9.91. The van der Waals surface area contributed by atoms with Crippen molar-refractivity contribution in [3.63, 3.8) is 0 Å². The summed E-state index contributed by atoms with van der Waals surface area (Å²) in [5.74, 6) is 0.202. The molecule has 0 atom stereocenters. The van der Waals surface area contributed by atoms with E-state index in [1.807, 2.05) is 29.2 Å². The molecule has 160 valence electrons. The molecule has 2 N–H and O–H groups in total. The normalized spacial score (nSPS) is 14.9. The second-order valence-electron chi connectivity index (χ2n) is 7.24. The van der Waals surface area contributed by atoms with Gasteiger partial charge in [-0.05, 0) is 35.9 Å². The van der Waals surface area contributed by atoms with Crippen LogP contribution in [0.5, 0.6) is 5.75 Å². The van der Waals surface area contributed by atoms with E-state index in [2.05, 4.69) is 15.5 Å². The van der Waals surface area contributed by atoms with Crippen LogP contribution in [0.15, 0.2) is 48.5 Å². The lowest BCUT2D eigenvalue weighted by atomic mass is 10.2. The van der Waals surface area contributed by atoms with Gasteiger partial charge in [0.25, 0.3) is 0 Å². The lowest BCUT2D eigenvalue weighted by Gasteiger charge is -2.33. The van der Waals surface area contributed by atoms with Crippen LogP contribution in [0.1, 0.15) is 5.56 Å². The molecule has 1 heterocycles. The van der Waals surface area contributed by atoms with E-state index in [0.29, 0.717) is 45.0 Å². The highest BCUT2D eigenvalue weighted by atomic mass is 19.1. The van der Waals surface area contributed by atoms with Crippen LogP contribution in [0.2, 0.25) is 0 Å². The number of benzene rings is 2. The predicted molar refractivity (Wildman–Crippen MR) is 113 cm³/mol. The van der Waals surface area contributed by atoms with Gasteiger partial charge in [-0.3, -0.25) is 19.4 Å². The van der Waals surface area contributed by atoms with Crippen LogP contribution in [-0.2, 0) is 16.1 Å². The molecule has 1 saturated heterocycles. The molecule has 0 spiro atoms. The van der Waals surface area contributed by atoms with E-state index >= 15 is 0 Å². The predicted octanol–water partition coefficient (Wildman–Crippen LogP) is 1.71. The molecule has 1 aliphatic rings. The Hall–Kier alpha value is -2.97. The lowest BCUT2D eigenvalue weighted by Crippen LogP contribution is -2.50. The average Bonchev–Trinajstić information content (AvgIpc) is 2.74. The molecule has 8 heteroatoms. The molecular formula is C22H27FN4O3. The van der Waals surface area contributed by atoms with E-state index in [-0.39, 0.29) is 24.2 Å². The second kappa shape index (κ2) is 10.7. The van der Waals surface area contributed by atoms with Gasteiger partial charge in [0.1, 0.15) is 11.6 Å². The Bertz CT molecular complexity index is 852. The number of nitrogens with zero attached hydrogens (tertiary/aromatic N) is 2. The molecule has 7 nitrogen and oxygen atoms in total. The fourth-order valence-corrected chi connectivity index (χ4v) is 3.28. The number of methoxy groups -OCH3 is 1. The smallest absolute Gasteiger partial charge is 0.238 e. The number of halogens is 1. The lowest BCUT2D eigenvalue weighted by molar-refractivity contribution is -0.123. The zero-order chi connectivity index (χ0) is 21.3. The van der Waals surface area contributed by atoms with Gasteiger partial charge in [0.05, 0.1) is 20.2 Å². The fraction of sp³-hybridized carbons (Fsp3) is 0.364. The van der Waals surface area contributed by atoms with Gasteiger partial charge >= 0.3 is 0 Å². The van der Waals surface area contributed by atoms with E-state index in [4.69, 9.17) is 4.74 Å². The first kappa shape index (κ1) is 21.7. The number of rotatable bonds is 8. The maximum Gasteiger partial charge on any atom is 0.238 e. The van der Waals surface area contributed by atoms with Crippen molar-refractivity contribution < 1.29 is 18.7 Å². The number of carbonyl (C=O) groups excluding carboxylic acids is 2. The molecule has 0 unspecified atom stereocenters. The molecule has 2 aromatic carbocycles. The van der Waals surface area contributed by atoms with Crippen molar-refractivity contribution in [2.45, 2.75) is 6.54 Å². The number of nitrogens with one attached hydrogen (secondary N) is 2. The molecule has 0 radical (unpaired) electrons. The number of carbonyl (C=O) groups is 2. The van der Waals surface area contributed by atoms with Gasteiger partial charge < -0.3 is 15.4 Å². The van der Waals surface area contributed by atoms with Gasteiger partial charge in [-0.2, -0.15) is 0 Å². The topological polar surface area (TPSA) is 73.9 Å². The van der Waals surface area contributed by atoms with E-state index in [9.17, 15) is 14.0 Å². The van der Waals surface area contributed by atoms with Crippen molar-refractivity contribution in [3.8, 4) is 5.75 Å². The van der Waals surface area contributed by atoms with Crippen molar-refractivity contribution in [2.24, 2.45) is 0 Å². The SMILES string of the molecule is COc1ccc(CNC(=O)CN2CCN(CC(=O)Nc3cccc(F)c3)CC2)cc1. The summed E-state index contributed by atoms with van der Waals surface area (Å²) in [7, 11) is 1.62. The monoisotopic (exact) mass is 414 g/mol. The number of hydrogen-bond acceptors (Lipinski definition) is 5. The molecule has 0 aliphatic carbocycles. The summed E-state index contributed by atoms with van der Waals surface area (Å²) in [6.45, 7) is 3.87. The van der Waals surface area contributed by atoms with Crippen molar-refractivity contribution in [1.82, 2.24) is 15.1 Å². The highest BCUT2D eigenvalue weighted by Crippen LogP contribution is 2.11. The molecule has 30 heavy (non-hydrogen) atoms. The summed E-state index contributed by atoms with van der Waals surface area (Å²) in [4.78, 5) is 28.5. The Labute approximate surface area is 175 Å². The van der Waals surface area contributed by atoms with Gasteiger partial charge in [0.15, 0.2) is 0 Å². The number of anilines is 1. The second-order valence-corrected chi connectivity index (χ2v) is 7.24. The molecule has 0 saturated carbocycles. The maximum atomic E-state index is 13.2. The van der Waals surface area contributed by atoms with E-state index in [1.54, 1.807) is 19.2 Å². The van der Waals surface area contributed by atoms with Crippen LogP contribution in [-0.4, -0.2) is 68.0 Å². The van der Waals surface area contributed by atoms with Crippen molar-refractivity contribution in [1.29, 1.82) is 0 Å². The van der Waals surface area contributed by atoms with E-state index < -0.39 is 0 Å². The summed E-state index contributed by atoms with van der Waals surface area (Å²) < 4.78 is 18.3.